The lowest BCUT2D eigenvalue weighted by molar-refractivity contribution is -0.131. The second kappa shape index (κ2) is 5.14. The van der Waals surface area contributed by atoms with Gasteiger partial charge < -0.3 is 15.5 Å². The smallest absolute Gasteiger partial charge is 0.246 e. The Bertz CT molecular complexity index is 421. The molecular weight excluding hydrogens is 234 g/mol. The normalized spacial score (nSPS) is 20.5. The minimum atomic E-state index is -0.287. The third kappa shape index (κ3) is 2.94. The highest BCUT2D eigenvalue weighted by atomic mass is 32.1. The van der Waals surface area contributed by atoms with Gasteiger partial charge in [0, 0.05) is 13.5 Å². The van der Waals surface area contributed by atoms with Crippen LogP contribution in [0.15, 0.2) is 30.3 Å². The number of thiocarbonyl (C=S) groups is 1. The minimum Gasteiger partial charge on any atom is -0.351 e. The van der Waals surface area contributed by atoms with Gasteiger partial charge in [0.2, 0.25) is 5.91 Å². The van der Waals surface area contributed by atoms with Crippen LogP contribution in [0.1, 0.15) is 5.56 Å². The van der Waals surface area contributed by atoms with Crippen molar-refractivity contribution in [3.63, 3.8) is 0 Å². The first-order valence-corrected chi connectivity index (χ1v) is 5.91. The maximum Gasteiger partial charge on any atom is 0.246 e. The van der Waals surface area contributed by atoms with Crippen molar-refractivity contribution in [1.29, 1.82) is 0 Å². The van der Waals surface area contributed by atoms with Gasteiger partial charge in [0.1, 0.15) is 6.04 Å². The summed E-state index contributed by atoms with van der Waals surface area (Å²) in [6.07, 6.45) is 0.645. The van der Waals surface area contributed by atoms with E-state index in [2.05, 4.69) is 10.6 Å². The van der Waals surface area contributed by atoms with E-state index in [9.17, 15) is 4.79 Å². The zero-order valence-electron chi connectivity index (χ0n) is 9.64. The minimum absolute atomic E-state index is 0.0567. The lowest BCUT2D eigenvalue weighted by atomic mass is 10.1. The van der Waals surface area contributed by atoms with E-state index in [1.54, 1.807) is 11.9 Å². The van der Waals surface area contributed by atoms with Gasteiger partial charge in [-0.3, -0.25) is 4.79 Å². The fourth-order valence-corrected chi connectivity index (χ4v) is 2.00. The van der Waals surface area contributed by atoms with Crippen molar-refractivity contribution in [2.24, 2.45) is 0 Å². The third-order valence-corrected chi connectivity index (χ3v) is 3.00. The van der Waals surface area contributed by atoms with Gasteiger partial charge in [-0.25, -0.2) is 0 Å². The molecule has 1 saturated heterocycles. The van der Waals surface area contributed by atoms with E-state index < -0.39 is 0 Å². The number of likely N-dealkylation sites (N-methyl/N-ethyl adjacent to an activating group) is 1. The molecule has 1 amide bonds. The number of benzene rings is 1. The number of hydrogen-bond donors (Lipinski definition) is 2. The van der Waals surface area contributed by atoms with Crippen LogP contribution in [-0.4, -0.2) is 35.7 Å². The van der Waals surface area contributed by atoms with Crippen LogP contribution >= 0.6 is 12.2 Å². The van der Waals surface area contributed by atoms with Crippen molar-refractivity contribution >= 4 is 23.2 Å². The van der Waals surface area contributed by atoms with Crippen LogP contribution in [-0.2, 0) is 11.2 Å². The van der Waals surface area contributed by atoms with E-state index in [0.717, 1.165) is 5.56 Å². The molecule has 5 heteroatoms. The van der Waals surface area contributed by atoms with Crippen LogP contribution in [0.4, 0.5) is 0 Å². The monoisotopic (exact) mass is 249 g/mol. The zero-order chi connectivity index (χ0) is 12.3. The largest absolute Gasteiger partial charge is 0.351 e. The van der Waals surface area contributed by atoms with Crippen molar-refractivity contribution in [1.82, 2.24) is 15.5 Å². The molecule has 1 aliphatic heterocycles. The molecule has 2 N–H and O–H groups in total. The predicted molar refractivity (Wildman–Crippen MR) is 70.4 cm³/mol. The van der Waals surface area contributed by atoms with Crippen molar-refractivity contribution in [3.05, 3.63) is 35.9 Å². The maximum absolute atomic E-state index is 12.1. The average Bonchev–Trinajstić information content (AvgIpc) is 2.45. The Balaban J connectivity index is 2.12. The maximum atomic E-state index is 12.1. The van der Waals surface area contributed by atoms with Crippen LogP contribution in [0, 0.1) is 0 Å². The lowest BCUT2D eigenvalue weighted by Crippen LogP contribution is -2.44. The summed E-state index contributed by atoms with van der Waals surface area (Å²) in [7, 11) is 1.77. The van der Waals surface area contributed by atoms with E-state index in [4.69, 9.17) is 12.2 Å². The summed E-state index contributed by atoms with van der Waals surface area (Å²) in [5.41, 5.74) is 1.12. The fourth-order valence-electron chi connectivity index (χ4n) is 1.79. The predicted octanol–water partition coefficient (Wildman–Crippen LogP) is 0.491. The molecule has 17 heavy (non-hydrogen) atoms. The van der Waals surface area contributed by atoms with E-state index >= 15 is 0 Å². The molecule has 0 aliphatic carbocycles. The summed E-state index contributed by atoms with van der Waals surface area (Å²) in [5.74, 6) is 0.0567. The molecule has 1 atom stereocenters. The van der Waals surface area contributed by atoms with Gasteiger partial charge in [0.15, 0.2) is 5.11 Å². The molecule has 1 aromatic carbocycles. The van der Waals surface area contributed by atoms with Gasteiger partial charge in [0.05, 0.1) is 6.67 Å². The van der Waals surface area contributed by atoms with Crippen molar-refractivity contribution in [2.45, 2.75) is 12.5 Å². The van der Waals surface area contributed by atoms with Crippen LogP contribution in [0.3, 0.4) is 0 Å². The summed E-state index contributed by atoms with van der Waals surface area (Å²) in [4.78, 5) is 13.7. The number of nitrogens with zero attached hydrogens (tertiary/aromatic N) is 1. The SMILES string of the molecule is CN1CNC(=S)N[C@@H](Cc2ccccc2)C1=O. The molecule has 2 rings (SSSR count). The Kier molecular flexibility index (Phi) is 3.58. The quantitative estimate of drug-likeness (QED) is 0.749. The number of carbonyl (C=O) groups excluding carboxylic acids is 1. The molecule has 1 heterocycles. The second-order valence-electron chi connectivity index (χ2n) is 4.09. The molecule has 0 saturated carbocycles. The van der Waals surface area contributed by atoms with E-state index in [1.807, 2.05) is 30.3 Å². The van der Waals surface area contributed by atoms with E-state index in [-0.39, 0.29) is 11.9 Å². The number of hydrogen-bond acceptors (Lipinski definition) is 2. The van der Waals surface area contributed by atoms with Crippen LogP contribution in [0.5, 0.6) is 0 Å². The Labute approximate surface area is 106 Å². The van der Waals surface area contributed by atoms with Crippen LogP contribution in [0.2, 0.25) is 0 Å². The summed E-state index contributed by atoms with van der Waals surface area (Å²) in [6.45, 7) is 0.454. The van der Waals surface area contributed by atoms with Crippen molar-refractivity contribution < 1.29 is 4.79 Å². The molecule has 90 valence electrons. The number of carbonyl (C=O) groups is 1. The molecule has 0 aromatic heterocycles. The number of rotatable bonds is 2. The summed E-state index contributed by atoms with van der Waals surface area (Å²) in [6, 6.07) is 9.63. The molecule has 0 bridgehead atoms. The topological polar surface area (TPSA) is 44.4 Å². The molecule has 1 aromatic rings. The van der Waals surface area contributed by atoms with E-state index in [1.165, 1.54) is 0 Å². The van der Waals surface area contributed by atoms with Gasteiger partial charge in [-0.2, -0.15) is 0 Å². The van der Waals surface area contributed by atoms with Gasteiger partial charge in [0.25, 0.3) is 0 Å². The summed E-state index contributed by atoms with van der Waals surface area (Å²) >= 11 is 5.09. The average molecular weight is 249 g/mol. The highest BCUT2D eigenvalue weighted by Gasteiger charge is 2.25. The highest BCUT2D eigenvalue weighted by molar-refractivity contribution is 7.80. The number of amides is 1. The van der Waals surface area contributed by atoms with Crippen LogP contribution in [0.25, 0.3) is 0 Å². The Morgan fingerprint density at radius 3 is 2.82 bits per heavy atom. The Morgan fingerprint density at radius 2 is 2.12 bits per heavy atom. The first-order valence-electron chi connectivity index (χ1n) is 5.50. The molecule has 1 fully saturated rings. The Hall–Kier alpha value is -1.62. The van der Waals surface area contributed by atoms with E-state index in [0.29, 0.717) is 18.2 Å². The van der Waals surface area contributed by atoms with Crippen molar-refractivity contribution in [3.8, 4) is 0 Å². The zero-order valence-corrected chi connectivity index (χ0v) is 10.5. The van der Waals surface area contributed by atoms with Crippen LogP contribution < -0.4 is 10.6 Å². The first-order chi connectivity index (χ1) is 8.16. The van der Waals surface area contributed by atoms with Gasteiger partial charge in [-0.05, 0) is 17.8 Å². The lowest BCUT2D eigenvalue weighted by Gasteiger charge is -2.19. The fraction of sp³-hybridized carbons (Fsp3) is 0.333. The first kappa shape index (κ1) is 11.9. The second-order valence-corrected chi connectivity index (χ2v) is 4.50. The molecule has 1 aliphatic rings. The summed E-state index contributed by atoms with van der Waals surface area (Å²) < 4.78 is 0. The standard InChI is InChI=1S/C12H15N3OS/c1-15-8-13-12(17)14-10(11(15)16)7-9-5-3-2-4-6-9/h2-6,10H,7-8H2,1H3,(H2,13,14,17)/t10-/m0/s1. The summed E-state index contributed by atoms with van der Waals surface area (Å²) in [5, 5.41) is 6.53. The molecule has 4 nitrogen and oxygen atoms in total. The van der Waals surface area contributed by atoms with Gasteiger partial charge >= 0.3 is 0 Å². The Morgan fingerprint density at radius 1 is 1.41 bits per heavy atom. The molecular formula is C12H15N3OS. The molecule has 0 unspecified atom stereocenters. The molecule has 0 spiro atoms. The van der Waals surface area contributed by atoms with Crippen molar-refractivity contribution in [2.75, 3.05) is 13.7 Å². The highest BCUT2D eigenvalue weighted by Crippen LogP contribution is 2.06. The number of nitrogens with one attached hydrogen (secondary N) is 2. The van der Waals surface area contributed by atoms with Gasteiger partial charge in [-0.15, -0.1) is 0 Å². The van der Waals surface area contributed by atoms with Gasteiger partial charge in [-0.1, -0.05) is 30.3 Å². The molecule has 0 radical (unpaired) electrons. The third-order valence-electron chi connectivity index (χ3n) is 2.74.